The predicted molar refractivity (Wildman–Crippen MR) is 73.2 cm³/mol. The van der Waals surface area contributed by atoms with Gasteiger partial charge >= 0.3 is 5.97 Å². The van der Waals surface area contributed by atoms with Crippen LogP contribution in [0.15, 0.2) is 0 Å². The van der Waals surface area contributed by atoms with Crippen LogP contribution in [0.4, 0.5) is 5.82 Å². The van der Waals surface area contributed by atoms with Crippen molar-refractivity contribution in [1.29, 1.82) is 0 Å². The van der Waals surface area contributed by atoms with Gasteiger partial charge in [0.05, 0.1) is 19.3 Å². The Morgan fingerprint density at radius 3 is 2.58 bits per heavy atom. The highest BCUT2D eigenvalue weighted by Crippen LogP contribution is 2.22. The molecule has 1 atom stereocenters. The molecular formula is C13H23N3O3. The summed E-state index contributed by atoms with van der Waals surface area (Å²) in [5, 5.41) is 0. The Morgan fingerprint density at radius 1 is 1.37 bits per heavy atom. The average molecular weight is 269 g/mol. The monoisotopic (exact) mass is 269 g/mol. The largest absolute Gasteiger partial charge is 0.461 e. The highest BCUT2D eigenvalue weighted by molar-refractivity contribution is 5.92. The van der Waals surface area contributed by atoms with Crippen molar-refractivity contribution in [3.05, 3.63) is 11.5 Å². The standard InChI is InChI=1S/C13H23N3O3/c1-5-10-15-11(13(17)19-7-3)12(14)16(10)9(4)8-18-6-2/h9H,5-8,14H2,1-4H3. The molecule has 2 N–H and O–H groups in total. The molecule has 0 fully saturated rings. The molecule has 0 saturated heterocycles. The molecule has 0 radical (unpaired) electrons. The molecule has 0 saturated carbocycles. The zero-order valence-electron chi connectivity index (χ0n) is 12.1. The number of hydrogen-bond acceptors (Lipinski definition) is 5. The lowest BCUT2D eigenvalue weighted by Crippen LogP contribution is -2.17. The minimum absolute atomic E-state index is 0.0329. The highest BCUT2D eigenvalue weighted by Gasteiger charge is 2.23. The molecule has 1 heterocycles. The van der Waals surface area contributed by atoms with E-state index in [9.17, 15) is 4.79 Å². The molecule has 1 unspecified atom stereocenters. The van der Waals surface area contributed by atoms with Gasteiger partial charge < -0.3 is 19.8 Å². The van der Waals surface area contributed by atoms with Crippen LogP contribution in [0.5, 0.6) is 0 Å². The summed E-state index contributed by atoms with van der Waals surface area (Å²) in [6, 6.07) is 0.0329. The van der Waals surface area contributed by atoms with Crippen molar-refractivity contribution >= 4 is 11.8 Å². The van der Waals surface area contributed by atoms with Crippen molar-refractivity contribution in [2.75, 3.05) is 25.6 Å². The molecule has 0 spiro atoms. The van der Waals surface area contributed by atoms with Gasteiger partial charge in [-0.1, -0.05) is 6.92 Å². The summed E-state index contributed by atoms with van der Waals surface area (Å²) in [6.07, 6.45) is 0.695. The maximum Gasteiger partial charge on any atom is 0.360 e. The van der Waals surface area contributed by atoms with Crippen molar-refractivity contribution in [2.45, 2.75) is 40.2 Å². The number of anilines is 1. The van der Waals surface area contributed by atoms with Crippen LogP contribution in [0.3, 0.4) is 0 Å². The molecule has 1 aromatic rings. The molecule has 0 aliphatic rings. The zero-order valence-corrected chi connectivity index (χ0v) is 12.1. The molecule has 0 aliphatic heterocycles. The van der Waals surface area contributed by atoms with Crippen LogP contribution in [-0.4, -0.2) is 35.3 Å². The molecule has 6 heteroatoms. The molecular weight excluding hydrogens is 246 g/mol. The second-order valence-corrected chi connectivity index (χ2v) is 4.21. The third-order valence-electron chi connectivity index (χ3n) is 2.81. The number of carbonyl (C=O) groups excluding carboxylic acids is 1. The Morgan fingerprint density at radius 2 is 2.05 bits per heavy atom. The summed E-state index contributed by atoms with van der Waals surface area (Å²) in [4.78, 5) is 16.1. The van der Waals surface area contributed by atoms with E-state index in [1.807, 2.05) is 25.3 Å². The topological polar surface area (TPSA) is 79.4 Å². The number of rotatable bonds is 7. The van der Waals surface area contributed by atoms with Gasteiger partial charge in [0.25, 0.3) is 0 Å². The van der Waals surface area contributed by atoms with Crippen molar-refractivity contribution in [2.24, 2.45) is 0 Å². The lowest BCUT2D eigenvalue weighted by Gasteiger charge is -2.17. The van der Waals surface area contributed by atoms with Gasteiger partial charge in [0.2, 0.25) is 0 Å². The molecule has 6 nitrogen and oxygen atoms in total. The number of esters is 1. The Kier molecular flexibility index (Phi) is 5.82. The first-order chi connectivity index (χ1) is 9.06. The third kappa shape index (κ3) is 3.47. The molecule has 108 valence electrons. The number of aryl methyl sites for hydroxylation is 1. The van der Waals surface area contributed by atoms with Crippen LogP contribution in [0, 0.1) is 0 Å². The van der Waals surface area contributed by atoms with Crippen LogP contribution in [0.2, 0.25) is 0 Å². The Hall–Kier alpha value is -1.56. The highest BCUT2D eigenvalue weighted by atomic mass is 16.5. The normalized spacial score (nSPS) is 12.4. The number of nitrogen functional groups attached to an aromatic ring is 1. The van der Waals surface area contributed by atoms with E-state index < -0.39 is 5.97 Å². The van der Waals surface area contributed by atoms with E-state index in [1.165, 1.54) is 0 Å². The van der Waals surface area contributed by atoms with Gasteiger partial charge in [-0.15, -0.1) is 0 Å². The van der Waals surface area contributed by atoms with Gasteiger partial charge in [0.15, 0.2) is 5.69 Å². The maximum atomic E-state index is 11.8. The third-order valence-corrected chi connectivity index (χ3v) is 2.81. The Labute approximate surface area is 113 Å². The predicted octanol–water partition coefficient (Wildman–Crippen LogP) is 1.80. The number of hydrogen-bond donors (Lipinski definition) is 1. The summed E-state index contributed by atoms with van der Waals surface area (Å²) in [5.41, 5.74) is 6.22. The molecule has 0 aromatic carbocycles. The minimum Gasteiger partial charge on any atom is -0.461 e. The molecule has 19 heavy (non-hydrogen) atoms. The summed E-state index contributed by atoms with van der Waals surface area (Å²) in [7, 11) is 0. The van der Waals surface area contributed by atoms with Crippen molar-refractivity contribution < 1.29 is 14.3 Å². The number of aromatic nitrogens is 2. The van der Waals surface area contributed by atoms with Crippen molar-refractivity contribution in [3.63, 3.8) is 0 Å². The van der Waals surface area contributed by atoms with Gasteiger partial charge in [-0.05, 0) is 20.8 Å². The fraction of sp³-hybridized carbons (Fsp3) is 0.692. The van der Waals surface area contributed by atoms with Crippen molar-refractivity contribution in [3.8, 4) is 0 Å². The number of imidazole rings is 1. The Bertz CT molecular complexity index is 429. The van der Waals surface area contributed by atoms with Crippen LogP contribution in [0.1, 0.15) is 50.0 Å². The first-order valence-electron chi connectivity index (χ1n) is 6.68. The molecule has 1 rings (SSSR count). The van der Waals surface area contributed by atoms with Crippen LogP contribution >= 0.6 is 0 Å². The van der Waals surface area contributed by atoms with Crippen LogP contribution < -0.4 is 5.73 Å². The van der Waals surface area contributed by atoms with E-state index in [1.54, 1.807) is 6.92 Å². The first-order valence-corrected chi connectivity index (χ1v) is 6.68. The van der Waals surface area contributed by atoms with Gasteiger partial charge in [-0.25, -0.2) is 9.78 Å². The summed E-state index contributed by atoms with van der Waals surface area (Å²) in [6.45, 7) is 9.14. The van der Waals surface area contributed by atoms with Gasteiger partial charge in [0.1, 0.15) is 11.6 Å². The number of carbonyl (C=O) groups is 1. The summed E-state index contributed by atoms with van der Waals surface area (Å²) >= 11 is 0. The van der Waals surface area contributed by atoms with Crippen LogP contribution in [-0.2, 0) is 15.9 Å². The van der Waals surface area contributed by atoms with Gasteiger partial charge in [-0.2, -0.15) is 0 Å². The SMILES string of the molecule is CCOCC(C)n1c(CC)nc(C(=O)OCC)c1N. The number of nitrogens with two attached hydrogens (primary N) is 1. The molecule has 0 amide bonds. The summed E-state index contributed by atoms with van der Waals surface area (Å²) in [5.74, 6) is 0.646. The smallest absolute Gasteiger partial charge is 0.360 e. The fourth-order valence-electron chi connectivity index (χ4n) is 1.95. The van der Waals surface area contributed by atoms with E-state index in [2.05, 4.69) is 4.98 Å². The van der Waals surface area contributed by atoms with Gasteiger partial charge in [-0.3, -0.25) is 0 Å². The second-order valence-electron chi connectivity index (χ2n) is 4.21. The molecule has 0 aliphatic carbocycles. The average Bonchev–Trinajstić information content (AvgIpc) is 2.73. The van der Waals surface area contributed by atoms with E-state index in [4.69, 9.17) is 15.2 Å². The second kappa shape index (κ2) is 7.13. The van der Waals surface area contributed by atoms with Crippen LogP contribution in [0.25, 0.3) is 0 Å². The molecule has 0 bridgehead atoms. The zero-order chi connectivity index (χ0) is 14.4. The fourth-order valence-corrected chi connectivity index (χ4v) is 1.95. The van der Waals surface area contributed by atoms with E-state index in [0.717, 1.165) is 5.82 Å². The number of nitrogens with zero attached hydrogens (tertiary/aromatic N) is 2. The maximum absolute atomic E-state index is 11.8. The Balaban J connectivity index is 3.06. The lowest BCUT2D eigenvalue weighted by molar-refractivity contribution is 0.0521. The lowest BCUT2D eigenvalue weighted by atomic mass is 10.3. The van der Waals surface area contributed by atoms with E-state index in [-0.39, 0.29) is 11.7 Å². The minimum atomic E-state index is -0.475. The van der Waals surface area contributed by atoms with Crippen molar-refractivity contribution in [1.82, 2.24) is 9.55 Å². The number of ether oxygens (including phenoxy) is 2. The molecule has 1 aromatic heterocycles. The van der Waals surface area contributed by atoms with E-state index >= 15 is 0 Å². The first kappa shape index (κ1) is 15.5. The van der Waals surface area contributed by atoms with Gasteiger partial charge in [0, 0.05) is 13.0 Å². The van der Waals surface area contributed by atoms with E-state index in [0.29, 0.717) is 32.1 Å². The quantitative estimate of drug-likeness (QED) is 0.763. The summed E-state index contributed by atoms with van der Waals surface area (Å²) < 4.78 is 12.2.